The lowest BCUT2D eigenvalue weighted by molar-refractivity contribution is -0.139. The van der Waals surface area contributed by atoms with Crippen molar-refractivity contribution < 1.29 is 9.53 Å². The number of thioether (sulfide) groups is 1. The number of anilines is 1. The summed E-state index contributed by atoms with van der Waals surface area (Å²) in [7, 11) is 1.81. The summed E-state index contributed by atoms with van der Waals surface area (Å²) in [6.07, 6.45) is 0. The molecular weight excluding hydrogens is 238 g/mol. The summed E-state index contributed by atoms with van der Waals surface area (Å²) in [6.45, 7) is 5.96. The fourth-order valence-corrected chi connectivity index (χ4v) is 2.16. The minimum Gasteiger partial charge on any atom is -0.465 e. The number of aryl methyl sites for hydroxylation is 1. The Morgan fingerprint density at radius 1 is 1.41 bits per heavy atom. The average molecular weight is 255 g/mol. The molecule has 1 heterocycles. The molecule has 0 bridgehead atoms. The smallest absolute Gasteiger partial charge is 0.316 e. The number of hydrogen-bond donors (Lipinski definition) is 1. The lowest BCUT2D eigenvalue weighted by Gasteiger charge is -2.09. The minimum atomic E-state index is -0.223. The molecular formula is C11H17N3O2S. The SMILES string of the molecule is CCOC(=O)CSc1nc(C)nc(NC)c1C. The first-order valence-corrected chi connectivity index (χ1v) is 6.38. The van der Waals surface area contributed by atoms with Crippen molar-refractivity contribution in [2.45, 2.75) is 25.8 Å². The molecule has 0 radical (unpaired) electrons. The van der Waals surface area contributed by atoms with Crippen LogP contribution in [0.15, 0.2) is 5.03 Å². The third-order valence-electron chi connectivity index (χ3n) is 2.08. The van der Waals surface area contributed by atoms with E-state index in [1.54, 1.807) is 6.92 Å². The maximum Gasteiger partial charge on any atom is 0.316 e. The number of aromatic nitrogens is 2. The van der Waals surface area contributed by atoms with Crippen LogP contribution >= 0.6 is 11.8 Å². The molecule has 0 aliphatic carbocycles. The van der Waals surface area contributed by atoms with E-state index in [0.717, 1.165) is 16.4 Å². The summed E-state index contributed by atoms with van der Waals surface area (Å²) in [5.74, 6) is 1.53. The summed E-state index contributed by atoms with van der Waals surface area (Å²) in [5.41, 5.74) is 0.951. The van der Waals surface area contributed by atoms with E-state index in [-0.39, 0.29) is 11.7 Å². The fourth-order valence-electron chi connectivity index (χ4n) is 1.32. The predicted octanol–water partition coefficient (Wildman–Crippen LogP) is 1.79. The molecule has 0 saturated carbocycles. The molecule has 0 unspecified atom stereocenters. The van der Waals surface area contributed by atoms with Gasteiger partial charge in [0.25, 0.3) is 0 Å². The van der Waals surface area contributed by atoms with E-state index >= 15 is 0 Å². The molecule has 0 fully saturated rings. The van der Waals surface area contributed by atoms with E-state index in [1.807, 2.05) is 20.9 Å². The molecule has 0 aliphatic heterocycles. The van der Waals surface area contributed by atoms with E-state index in [4.69, 9.17) is 4.74 Å². The van der Waals surface area contributed by atoms with Gasteiger partial charge in [0.15, 0.2) is 0 Å². The Kier molecular flexibility index (Phi) is 5.21. The van der Waals surface area contributed by atoms with Gasteiger partial charge in [-0.25, -0.2) is 9.97 Å². The molecule has 1 aromatic rings. The number of nitrogens with one attached hydrogen (secondary N) is 1. The highest BCUT2D eigenvalue weighted by Crippen LogP contribution is 2.24. The molecule has 1 aromatic heterocycles. The quantitative estimate of drug-likeness (QED) is 0.491. The second-order valence-corrected chi connectivity index (χ2v) is 4.36. The van der Waals surface area contributed by atoms with Gasteiger partial charge in [-0.1, -0.05) is 11.8 Å². The van der Waals surface area contributed by atoms with Crippen LogP contribution in [0, 0.1) is 13.8 Å². The summed E-state index contributed by atoms with van der Waals surface area (Å²) >= 11 is 1.37. The van der Waals surface area contributed by atoms with Crippen molar-refractivity contribution in [3.05, 3.63) is 11.4 Å². The summed E-state index contributed by atoms with van der Waals surface area (Å²) < 4.78 is 4.87. The molecule has 0 amide bonds. The number of carbonyl (C=O) groups is 1. The van der Waals surface area contributed by atoms with Crippen LogP contribution in [0.2, 0.25) is 0 Å². The normalized spacial score (nSPS) is 10.1. The first-order valence-electron chi connectivity index (χ1n) is 5.39. The largest absolute Gasteiger partial charge is 0.465 e. The van der Waals surface area contributed by atoms with Crippen molar-refractivity contribution >= 4 is 23.5 Å². The second kappa shape index (κ2) is 6.44. The van der Waals surface area contributed by atoms with Gasteiger partial charge >= 0.3 is 5.97 Å². The van der Waals surface area contributed by atoms with Gasteiger partial charge in [-0.05, 0) is 20.8 Å². The van der Waals surface area contributed by atoms with Gasteiger partial charge in [-0.15, -0.1) is 0 Å². The van der Waals surface area contributed by atoms with E-state index < -0.39 is 0 Å². The third kappa shape index (κ3) is 3.89. The third-order valence-corrected chi connectivity index (χ3v) is 3.13. The Bertz CT molecular complexity index is 410. The first-order chi connectivity index (χ1) is 8.08. The molecule has 17 heavy (non-hydrogen) atoms. The van der Waals surface area contributed by atoms with Gasteiger partial charge in [0.1, 0.15) is 16.7 Å². The highest BCUT2D eigenvalue weighted by atomic mass is 32.2. The molecule has 6 heteroatoms. The number of ether oxygens (including phenoxy) is 1. The lowest BCUT2D eigenvalue weighted by Crippen LogP contribution is -2.08. The van der Waals surface area contributed by atoms with Crippen molar-refractivity contribution in [3.63, 3.8) is 0 Å². The number of esters is 1. The monoisotopic (exact) mass is 255 g/mol. The minimum absolute atomic E-state index is 0.223. The Morgan fingerprint density at radius 3 is 2.71 bits per heavy atom. The van der Waals surface area contributed by atoms with Gasteiger partial charge < -0.3 is 10.1 Å². The topological polar surface area (TPSA) is 64.1 Å². The zero-order valence-corrected chi connectivity index (χ0v) is 11.3. The highest BCUT2D eigenvalue weighted by molar-refractivity contribution is 7.99. The van der Waals surface area contributed by atoms with Gasteiger partial charge in [0.05, 0.1) is 12.4 Å². The Morgan fingerprint density at radius 2 is 2.12 bits per heavy atom. The van der Waals surface area contributed by atoms with Gasteiger partial charge in [0.2, 0.25) is 0 Å². The Balaban J connectivity index is 2.77. The zero-order chi connectivity index (χ0) is 12.8. The van der Waals surface area contributed by atoms with Crippen LogP contribution < -0.4 is 5.32 Å². The number of carbonyl (C=O) groups excluding carboxylic acids is 1. The summed E-state index contributed by atoms with van der Waals surface area (Å²) in [6, 6.07) is 0. The standard InChI is InChI=1S/C11H17N3O2S/c1-5-16-9(15)6-17-11-7(2)10(12-4)13-8(3)14-11/h5-6H2,1-4H3,(H,12,13,14). The predicted molar refractivity (Wildman–Crippen MR) is 68.4 cm³/mol. The second-order valence-electron chi connectivity index (χ2n) is 3.39. The van der Waals surface area contributed by atoms with Crippen LogP contribution in [-0.4, -0.2) is 35.3 Å². The van der Waals surface area contributed by atoms with E-state index in [9.17, 15) is 4.79 Å². The van der Waals surface area contributed by atoms with Gasteiger partial charge in [-0.3, -0.25) is 4.79 Å². The van der Waals surface area contributed by atoms with Crippen molar-refractivity contribution in [1.29, 1.82) is 0 Å². The van der Waals surface area contributed by atoms with Crippen LogP contribution in [0.4, 0.5) is 5.82 Å². The van der Waals surface area contributed by atoms with E-state index in [1.165, 1.54) is 11.8 Å². The summed E-state index contributed by atoms with van der Waals surface area (Å²) in [5, 5.41) is 3.82. The molecule has 0 saturated heterocycles. The van der Waals surface area contributed by atoms with Crippen LogP contribution in [0.3, 0.4) is 0 Å². The molecule has 1 rings (SSSR count). The molecule has 0 spiro atoms. The molecule has 1 N–H and O–H groups in total. The average Bonchev–Trinajstić information content (AvgIpc) is 2.30. The Labute approximate surface area is 105 Å². The maximum atomic E-state index is 11.3. The number of nitrogens with zero attached hydrogens (tertiary/aromatic N) is 2. The summed E-state index contributed by atoms with van der Waals surface area (Å²) in [4.78, 5) is 19.8. The highest BCUT2D eigenvalue weighted by Gasteiger charge is 2.11. The van der Waals surface area contributed by atoms with Crippen molar-refractivity contribution in [3.8, 4) is 0 Å². The Hall–Kier alpha value is -1.30. The molecule has 94 valence electrons. The molecule has 0 atom stereocenters. The zero-order valence-electron chi connectivity index (χ0n) is 10.5. The van der Waals surface area contributed by atoms with Crippen molar-refractivity contribution in [1.82, 2.24) is 9.97 Å². The van der Waals surface area contributed by atoms with Crippen LogP contribution in [0.25, 0.3) is 0 Å². The first kappa shape index (κ1) is 13.8. The number of hydrogen-bond acceptors (Lipinski definition) is 6. The molecule has 0 aromatic carbocycles. The van der Waals surface area contributed by atoms with Crippen molar-refractivity contribution in [2.24, 2.45) is 0 Å². The molecule has 5 nitrogen and oxygen atoms in total. The van der Waals surface area contributed by atoms with Crippen LogP contribution in [0.5, 0.6) is 0 Å². The van der Waals surface area contributed by atoms with Crippen LogP contribution in [0.1, 0.15) is 18.3 Å². The van der Waals surface area contributed by atoms with E-state index in [0.29, 0.717) is 12.4 Å². The van der Waals surface area contributed by atoms with Crippen LogP contribution in [-0.2, 0) is 9.53 Å². The van der Waals surface area contributed by atoms with Gasteiger partial charge in [-0.2, -0.15) is 0 Å². The number of rotatable bonds is 5. The van der Waals surface area contributed by atoms with Crippen molar-refractivity contribution in [2.75, 3.05) is 24.7 Å². The fraction of sp³-hybridized carbons (Fsp3) is 0.545. The molecule has 0 aliphatic rings. The van der Waals surface area contributed by atoms with Gasteiger partial charge in [0, 0.05) is 12.6 Å². The maximum absolute atomic E-state index is 11.3. The lowest BCUT2D eigenvalue weighted by atomic mass is 10.3. The van der Waals surface area contributed by atoms with E-state index in [2.05, 4.69) is 15.3 Å².